The zero-order valence-electron chi connectivity index (χ0n) is 16.0. The van der Waals surface area contributed by atoms with Gasteiger partial charge in [-0.25, -0.2) is 0 Å². The van der Waals surface area contributed by atoms with Crippen LogP contribution in [-0.4, -0.2) is 34.1 Å². The Balaban J connectivity index is 0.00000261. The number of guanidine groups is 1. The van der Waals surface area contributed by atoms with Gasteiger partial charge in [-0.15, -0.1) is 12.4 Å². The van der Waals surface area contributed by atoms with E-state index < -0.39 is 0 Å². The molecular weight excluding hydrogens is 362 g/mol. The summed E-state index contributed by atoms with van der Waals surface area (Å²) in [5.41, 5.74) is 7.80. The Morgan fingerprint density at radius 1 is 1.15 bits per heavy atom. The van der Waals surface area contributed by atoms with Crippen LogP contribution in [0.4, 0.5) is 0 Å². The van der Waals surface area contributed by atoms with Gasteiger partial charge in [0, 0.05) is 18.7 Å². The molecule has 1 aliphatic heterocycles. The van der Waals surface area contributed by atoms with Gasteiger partial charge in [-0.1, -0.05) is 68.4 Å². The van der Waals surface area contributed by atoms with Gasteiger partial charge in [-0.05, 0) is 18.4 Å². The van der Waals surface area contributed by atoms with Gasteiger partial charge in [-0.2, -0.15) is 4.98 Å². The Bertz CT molecular complexity index is 709. The smallest absolute Gasteiger partial charge is 0.233 e. The van der Waals surface area contributed by atoms with Crippen LogP contribution in [0.15, 0.2) is 28.8 Å². The number of aryl methyl sites for hydroxylation is 1. The molecular formula is C20H30ClN5O. The normalized spacial score (nSPS) is 13.9. The van der Waals surface area contributed by atoms with Gasteiger partial charge in [0.1, 0.15) is 0 Å². The number of hydrogen-bond donors (Lipinski definition) is 2. The van der Waals surface area contributed by atoms with Crippen molar-refractivity contribution in [2.45, 2.75) is 57.8 Å². The van der Waals surface area contributed by atoms with E-state index in [1.54, 1.807) is 4.90 Å². The molecule has 1 aromatic carbocycles. The predicted octanol–water partition coefficient (Wildman–Crippen LogP) is 4.35. The van der Waals surface area contributed by atoms with E-state index in [0.29, 0.717) is 24.8 Å². The minimum Gasteiger partial charge on any atom is -0.370 e. The van der Waals surface area contributed by atoms with Gasteiger partial charge in [0.15, 0.2) is 5.96 Å². The Kier molecular flexibility index (Phi) is 8.10. The number of nitrogens with zero attached hydrogens (tertiary/aromatic N) is 3. The maximum atomic E-state index is 7.39. The zero-order chi connectivity index (χ0) is 18.4. The fourth-order valence-corrected chi connectivity index (χ4v) is 3.28. The number of hydrogen-bond acceptors (Lipinski definition) is 4. The Morgan fingerprint density at radius 2 is 1.81 bits per heavy atom. The van der Waals surface area contributed by atoms with Crippen LogP contribution >= 0.6 is 12.4 Å². The van der Waals surface area contributed by atoms with E-state index in [9.17, 15) is 0 Å². The average molecular weight is 392 g/mol. The largest absolute Gasteiger partial charge is 0.370 e. The van der Waals surface area contributed by atoms with Gasteiger partial charge in [0.2, 0.25) is 11.7 Å². The van der Waals surface area contributed by atoms with E-state index in [-0.39, 0.29) is 24.3 Å². The Hall–Kier alpha value is -2.08. The van der Waals surface area contributed by atoms with Crippen LogP contribution in [0, 0.1) is 5.41 Å². The van der Waals surface area contributed by atoms with Crippen molar-refractivity contribution in [1.82, 2.24) is 15.0 Å². The Morgan fingerprint density at radius 3 is 2.48 bits per heavy atom. The van der Waals surface area contributed by atoms with Crippen LogP contribution in [0.25, 0.3) is 11.4 Å². The molecule has 3 rings (SSSR count). The van der Waals surface area contributed by atoms with Crippen LogP contribution < -0.4 is 5.73 Å². The second-order valence-corrected chi connectivity index (χ2v) is 7.16. The van der Waals surface area contributed by atoms with E-state index in [2.05, 4.69) is 41.3 Å². The highest BCUT2D eigenvalue weighted by atomic mass is 35.5. The molecule has 0 radical (unpaired) electrons. The molecule has 6 nitrogen and oxygen atoms in total. The molecule has 1 aliphatic rings. The van der Waals surface area contributed by atoms with E-state index in [1.807, 2.05) is 0 Å². The highest BCUT2D eigenvalue weighted by molar-refractivity contribution is 5.85. The summed E-state index contributed by atoms with van der Waals surface area (Å²) in [5, 5.41) is 11.5. The number of unbranched alkanes of at least 4 members (excludes halogenated alkanes) is 5. The van der Waals surface area contributed by atoms with Crippen LogP contribution in [-0.2, 0) is 6.42 Å². The molecule has 0 aliphatic carbocycles. The molecule has 1 fully saturated rings. The molecule has 0 bridgehead atoms. The number of nitrogens with two attached hydrogens (primary N) is 1. The van der Waals surface area contributed by atoms with Crippen molar-refractivity contribution >= 4 is 18.4 Å². The van der Waals surface area contributed by atoms with E-state index in [1.165, 1.54) is 44.1 Å². The summed E-state index contributed by atoms with van der Waals surface area (Å²) in [5.74, 6) is 1.54. The zero-order valence-corrected chi connectivity index (χ0v) is 16.8. The quantitative estimate of drug-likeness (QED) is 0.376. The fourth-order valence-electron chi connectivity index (χ4n) is 3.28. The summed E-state index contributed by atoms with van der Waals surface area (Å²) in [4.78, 5) is 6.30. The highest BCUT2D eigenvalue weighted by Gasteiger charge is 2.33. The lowest BCUT2D eigenvalue weighted by atomic mass is 10.0. The Labute approximate surface area is 167 Å². The third-order valence-electron chi connectivity index (χ3n) is 5.04. The summed E-state index contributed by atoms with van der Waals surface area (Å²) in [6.07, 6.45) is 9.07. The molecule has 7 heteroatoms. The van der Waals surface area contributed by atoms with Gasteiger partial charge < -0.3 is 15.2 Å². The van der Waals surface area contributed by atoms with E-state index in [0.717, 1.165) is 12.0 Å². The molecule has 0 spiro atoms. The van der Waals surface area contributed by atoms with Crippen LogP contribution in [0.5, 0.6) is 0 Å². The lowest BCUT2D eigenvalue weighted by Crippen LogP contribution is -2.51. The van der Waals surface area contributed by atoms with Crippen molar-refractivity contribution in [3.8, 4) is 11.4 Å². The molecule has 1 aromatic heterocycles. The summed E-state index contributed by atoms with van der Waals surface area (Å²) in [6, 6.07) is 8.48. The molecule has 3 N–H and O–H groups in total. The molecule has 2 heterocycles. The first-order chi connectivity index (χ1) is 12.7. The summed E-state index contributed by atoms with van der Waals surface area (Å²) >= 11 is 0. The topological polar surface area (TPSA) is 92.0 Å². The van der Waals surface area contributed by atoms with Crippen LogP contribution in [0.2, 0.25) is 0 Å². The molecule has 0 atom stereocenters. The molecule has 2 aromatic rings. The highest BCUT2D eigenvalue weighted by Crippen LogP contribution is 2.27. The SMILES string of the molecule is CCCCCCCCc1ccc(-c2noc(C3CN(C(=N)N)C3)n2)cc1.Cl. The van der Waals surface area contributed by atoms with Crippen molar-refractivity contribution < 1.29 is 4.52 Å². The van der Waals surface area contributed by atoms with E-state index >= 15 is 0 Å². The monoisotopic (exact) mass is 391 g/mol. The summed E-state index contributed by atoms with van der Waals surface area (Å²) in [6.45, 7) is 3.60. The maximum Gasteiger partial charge on any atom is 0.233 e. The van der Waals surface area contributed by atoms with Crippen molar-refractivity contribution in [3.05, 3.63) is 35.7 Å². The second kappa shape index (κ2) is 10.3. The average Bonchev–Trinajstić information content (AvgIpc) is 3.06. The number of likely N-dealkylation sites (tertiary alicyclic amines) is 1. The summed E-state index contributed by atoms with van der Waals surface area (Å²) in [7, 11) is 0. The first kappa shape index (κ1) is 21.2. The van der Waals surface area contributed by atoms with Gasteiger partial charge >= 0.3 is 0 Å². The van der Waals surface area contributed by atoms with Crippen molar-refractivity contribution in [2.75, 3.05) is 13.1 Å². The first-order valence-electron chi connectivity index (χ1n) is 9.69. The summed E-state index contributed by atoms with van der Waals surface area (Å²) < 4.78 is 5.39. The first-order valence-corrected chi connectivity index (χ1v) is 9.69. The lowest BCUT2D eigenvalue weighted by Gasteiger charge is -2.37. The number of aromatic nitrogens is 2. The second-order valence-electron chi connectivity index (χ2n) is 7.16. The number of benzene rings is 1. The number of nitrogens with one attached hydrogen (secondary N) is 1. The van der Waals surface area contributed by atoms with Crippen molar-refractivity contribution in [3.63, 3.8) is 0 Å². The minimum atomic E-state index is 0. The molecule has 1 saturated heterocycles. The van der Waals surface area contributed by atoms with Gasteiger partial charge in [0.05, 0.1) is 5.92 Å². The third kappa shape index (κ3) is 5.70. The predicted molar refractivity (Wildman–Crippen MR) is 110 cm³/mol. The van der Waals surface area contributed by atoms with Crippen LogP contribution in [0.3, 0.4) is 0 Å². The lowest BCUT2D eigenvalue weighted by molar-refractivity contribution is 0.203. The molecule has 0 amide bonds. The van der Waals surface area contributed by atoms with Crippen molar-refractivity contribution in [1.29, 1.82) is 5.41 Å². The minimum absolute atomic E-state index is 0. The standard InChI is InChI=1S/C20H29N5O.ClH/c1-2-3-4-5-6-7-8-15-9-11-16(12-10-15)18-23-19(26-24-18)17-13-25(14-17)20(21)22;/h9-12,17H,2-8,13-14H2,1H3,(H3,21,22);1H. The third-order valence-corrected chi connectivity index (χ3v) is 5.04. The molecule has 0 unspecified atom stereocenters. The van der Waals surface area contributed by atoms with Crippen LogP contribution in [0.1, 0.15) is 62.8 Å². The van der Waals surface area contributed by atoms with Gasteiger partial charge in [0.25, 0.3) is 0 Å². The number of rotatable bonds is 9. The van der Waals surface area contributed by atoms with Gasteiger partial charge in [-0.3, -0.25) is 5.41 Å². The fraction of sp³-hybridized carbons (Fsp3) is 0.550. The molecule has 148 valence electrons. The molecule has 0 saturated carbocycles. The maximum absolute atomic E-state index is 7.39. The van der Waals surface area contributed by atoms with Crippen molar-refractivity contribution in [2.24, 2.45) is 5.73 Å². The van der Waals surface area contributed by atoms with E-state index in [4.69, 9.17) is 15.7 Å². The molecule has 27 heavy (non-hydrogen) atoms. The number of halogens is 1.